The van der Waals surface area contributed by atoms with Crippen molar-refractivity contribution in [3.05, 3.63) is 66.3 Å². The standard InChI is InChI=1S/C22H22N4O5/c1-29-17-7-9-18(10-8-17)30-14-19-24-20(31-25-19)12-23-22(28)15-11-21(27)26(13-15)16-5-3-2-4-6-16/h2-10,15H,11-14H2,1H3,(H,23,28)/t15-/m1/s1. The first kappa shape index (κ1) is 20.4. The number of ether oxygens (including phenoxy) is 2. The van der Waals surface area contributed by atoms with Crippen molar-refractivity contribution in [3.63, 3.8) is 0 Å². The molecule has 1 aliphatic heterocycles. The van der Waals surface area contributed by atoms with E-state index in [-0.39, 0.29) is 37.3 Å². The molecule has 1 atom stereocenters. The summed E-state index contributed by atoms with van der Waals surface area (Å²) in [7, 11) is 1.60. The minimum absolute atomic E-state index is 0.0675. The van der Waals surface area contributed by atoms with Gasteiger partial charge in [-0.3, -0.25) is 9.59 Å². The van der Waals surface area contributed by atoms with E-state index < -0.39 is 5.92 Å². The number of amides is 2. The van der Waals surface area contributed by atoms with Gasteiger partial charge in [-0.25, -0.2) is 0 Å². The molecule has 1 aromatic heterocycles. The summed E-state index contributed by atoms with van der Waals surface area (Å²) in [6.45, 7) is 0.566. The summed E-state index contributed by atoms with van der Waals surface area (Å²) in [5.74, 6) is 1.31. The molecule has 1 fully saturated rings. The Morgan fingerprint density at radius 3 is 2.65 bits per heavy atom. The number of hydrogen-bond acceptors (Lipinski definition) is 7. The number of anilines is 1. The van der Waals surface area contributed by atoms with E-state index in [0.29, 0.717) is 18.1 Å². The maximum atomic E-state index is 12.5. The van der Waals surface area contributed by atoms with Crippen LogP contribution in [0.4, 0.5) is 5.69 Å². The molecule has 31 heavy (non-hydrogen) atoms. The predicted molar refractivity (Wildman–Crippen MR) is 110 cm³/mol. The van der Waals surface area contributed by atoms with Crippen LogP contribution in [0, 0.1) is 5.92 Å². The van der Waals surface area contributed by atoms with Crippen molar-refractivity contribution >= 4 is 17.5 Å². The SMILES string of the molecule is COc1ccc(OCc2noc(CNC(=O)[C@@H]3CC(=O)N(c4ccccc4)C3)n2)cc1. The maximum Gasteiger partial charge on any atom is 0.246 e. The van der Waals surface area contributed by atoms with Crippen LogP contribution in [0.15, 0.2) is 59.1 Å². The molecule has 0 unspecified atom stereocenters. The van der Waals surface area contributed by atoms with Gasteiger partial charge in [-0.15, -0.1) is 0 Å². The molecule has 0 bridgehead atoms. The summed E-state index contributed by atoms with van der Waals surface area (Å²) in [6, 6.07) is 16.5. The monoisotopic (exact) mass is 422 g/mol. The fourth-order valence-corrected chi connectivity index (χ4v) is 3.29. The second-order valence-corrected chi connectivity index (χ2v) is 7.03. The van der Waals surface area contributed by atoms with Crippen LogP contribution in [0.5, 0.6) is 11.5 Å². The largest absolute Gasteiger partial charge is 0.497 e. The predicted octanol–water partition coefficient (Wildman–Crippen LogP) is 2.33. The van der Waals surface area contributed by atoms with Gasteiger partial charge < -0.3 is 24.2 Å². The van der Waals surface area contributed by atoms with Crippen molar-refractivity contribution in [1.29, 1.82) is 0 Å². The van der Waals surface area contributed by atoms with E-state index in [9.17, 15) is 9.59 Å². The summed E-state index contributed by atoms with van der Waals surface area (Å²) >= 11 is 0. The lowest BCUT2D eigenvalue weighted by Crippen LogP contribution is -2.32. The molecule has 4 rings (SSSR count). The topological polar surface area (TPSA) is 107 Å². The summed E-state index contributed by atoms with van der Waals surface area (Å²) in [6.07, 6.45) is 0.172. The van der Waals surface area contributed by atoms with Crippen LogP contribution in [0.2, 0.25) is 0 Å². The summed E-state index contributed by atoms with van der Waals surface area (Å²) < 4.78 is 15.9. The van der Waals surface area contributed by atoms with Gasteiger partial charge >= 0.3 is 0 Å². The van der Waals surface area contributed by atoms with Gasteiger partial charge in [0.05, 0.1) is 19.6 Å². The molecule has 9 nitrogen and oxygen atoms in total. The highest BCUT2D eigenvalue weighted by molar-refractivity contribution is 6.00. The fraction of sp³-hybridized carbons (Fsp3) is 0.273. The number of methoxy groups -OCH3 is 1. The zero-order chi connectivity index (χ0) is 21.6. The molecule has 0 spiro atoms. The third-order valence-electron chi connectivity index (χ3n) is 4.92. The minimum atomic E-state index is -0.423. The van der Waals surface area contributed by atoms with Crippen molar-refractivity contribution in [2.45, 2.75) is 19.6 Å². The van der Waals surface area contributed by atoms with Crippen LogP contribution in [-0.4, -0.2) is 35.6 Å². The molecule has 2 aromatic carbocycles. The number of carbonyl (C=O) groups is 2. The first-order chi connectivity index (χ1) is 15.1. The van der Waals surface area contributed by atoms with E-state index >= 15 is 0 Å². The van der Waals surface area contributed by atoms with Gasteiger partial charge in [0, 0.05) is 18.7 Å². The lowest BCUT2D eigenvalue weighted by molar-refractivity contribution is -0.126. The van der Waals surface area contributed by atoms with Gasteiger partial charge in [-0.2, -0.15) is 4.98 Å². The van der Waals surface area contributed by atoms with E-state index in [1.165, 1.54) is 0 Å². The van der Waals surface area contributed by atoms with Crippen LogP contribution < -0.4 is 19.7 Å². The molecule has 1 N–H and O–H groups in total. The highest BCUT2D eigenvalue weighted by Crippen LogP contribution is 2.25. The van der Waals surface area contributed by atoms with E-state index in [1.54, 1.807) is 36.3 Å². The van der Waals surface area contributed by atoms with Crippen LogP contribution >= 0.6 is 0 Å². The van der Waals surface area contributed by atoms with Crippen molar-refractivity contribution in [2.24, 2.45) is 5.92 Å². The summed E-state index contributed by atoms with van der Waals surface area (Å²) in [4.78, 5) is 30.6. The second-order valence-electron chi connectivity index (χ2n) is 7.03. The van der Waals surface area contributed by atoms with Gasteiger partial charge in [-0.1, -0.05) is 23.4 Å². The number of nitrogens with zero attached hydrogens (tertiary/aromatic N) is 3. The second kappa shape index (κ2) is 9.29. The molecule has 0 aliphatic carbocycles. The summed E-state index contributed by atoms with van der Waals surface area (Å²) in [5.41, 5.74) is 0.793. The van der Waals surface area contributed by atoms with Crippen LogP contribution in [0.25, 0.3) is 0 Å². The van der Waals surface area contributed by atoms with Crippen molar-refractivity contribution < 1.29 is 23.6 Å². The smallest absolute Gasteiger partial charge is 0.246 e. The van der Waals surface area contributed by atoms with E-state index in [4.69, 9.17) is 14.0 Å². The van der Waals surface area contributed by atoms with E-state index in [2.05, 4.69) is 15.5 Å². The zero-order valence-corrected chi connectivity index (χ0v) is 17.0. The molecule has 1 aliphatic rings. The van der Waals surface area contributed by atoms with Gasteiger partial charge in [0.2, 0.25) is 23.5 Å². The van der Waals surface area contributed by atoms with E-state index in [1.807, 2.05) is 30.3 Å². The fourth-order valence-electron chi connectivity index (χ4n) is 3.29. The Bertz CT molecular complexity index is 1040. The number of carbonyl (C=O) groups excluding carboxylic acids is 2. The molecular weight excluding hydrogens is 400 g/mol. The Kier molecular flexibility index (Phi) is 6.11. The Labute approximate surface area is 179 Å². The number of hydrogen-bond donors (Lipinski definition) is 1. The third-order valence-corrected chi connectivity index (χ3v) is 4.92. The molecular formula is C22H22N4O5. The molecule has 160 valence electrons. The maximum absolute atomic E-state index is 12.5. The van der Waals surface area contributed by atoms with Crippen LogP contribution in [0.1, 0.15) is 18.1 Å². The Morgan fingerprint density at radius 2 is 1.90 bits per heavy atom. The third kappa shape index (κ3) is 5.00. The Hall–Kier alpha value is -3.88. The molecule has 9 heteroatoms. The first-order valence-corrected chi connectivity index (χ1v) is 9.84. The van der Waals surface area contributed by atoms with Gasteiger partial charge in [0.25, 0.3) is 0 Å². The number of nitrogens with one attached hydrogen (secondary N) is 1. The minimum Gasteiger partial charge on any atom is -0.497 e. The highest BCUT2D eigenvalue weighted by Gasteiger charge is 2.35. The average molecular weight is 422 g/mol. The number of aromatic nitrogens is 2. The lowest BCUT2D eigenvalue weighted by Gasteiger charge is -2.16. The van der Waals surface area contributed by atoms with Gasteiger partial charge in [-0.05, 0) is 36.4 Å². The molecule has 2 heterocycles. The van der Waals surface area contributed by atoms with Crippen molar-refractivity contribution in [1.82, 2.24) is 15.5 Å². The average Bonchev–Trinajstić information content (AvgIpc) is 3.43. The lowest BCUT2D eigenvalue weighted by atomic mass is 10.1. The van der Waals surface area contributed by atoms with Crippen molar-refractivity contribution in [3.8, 4) is 11.5 Å². The number of benzene rings is 2. The molecule has 2 amide bonds. The Balaban J connectivity index is 1.25. The number of rotatable bonds is 8. The highest BCUT2D eigenvalue weighted by atomic mass is 16.5. The first-order valence-electron chi connectivity index (χ1n) is 9.84. The van der Waals surface area contributed by atoms with E-state index in [0.717, 1.165) is 11.4 Å². The normalized spacial score (nSPS) is 15.7. The molecule has 0 radical (unpaired) electrons. The van der Waals surface area contributed by atoms with Crippen molar-refractivity contribution in [2.75, 3.05) is 18.6 Å². The van der Waals surface area contributed by atoms with Gasteiger partial charge in [0.15, 0.2) is 6.61 Å². The quantitative estimate of drug-likeness (QED) is 0.594. The van der Waals surface area contributed by atoms with Crippen LogP contribution in [-0.2, 0) is 22.7 Å². The van der Waals surface area contributed by atoms with Gasteiger partial charge in [0.1, 0.15) is 11.5 Å². The molecule has 3 aromatic rings. The zero-order valence-electron chi connectivity index (χ0n) is 17.0. The Morgan fingerprint density at radius 1 is 1.16 bits per heavy atom. The molecule has 0 saturated carbocycles. The number of para-hydroxylation sites is 1. The molecule has 1 saturated heterocycles. The van der Waals surface area contributed by atoms with Crippen LogP contribution in [0.3, 0.4) is 0 Å². The summed E-state index contributed by atoms with van der Waals surface area (Å²) in [5, 5.41) is 6.62.